The second-order valence-electron chi connectivity index (χ2n) is 2.61. The van der Waals surface area contributed by atoms with Gasteiger partial charge in [-0.1, -0.05) is 0 Å². The van der Waals surface area contributed by atoms with Gasteiger partial charge < -0.3 is 9.84 Å². The van der Waals surface area contributed by atoms with Gasteiger partial charge in [0.2, 0.25) is 0 Å². The predicted molar refractivity (Wildman–Crippen MR) is 44.2 cm³/mol. The zero-order valence-corrected chi connectivity index (χ0v) is 7.38. The van der Waals surface area contributed by atoms with E-state index in [1.165, 1.54) is 13.2 Å². The molecule has 0 aromatic heterocycles. The molecule has 1 N–H and O–H groups in total. The van der Waals surface area contributed by atoms with Crippen molar-refractivity contribution in [2.75, 3.05) is 7.11 Å². The lowest BCUT2D eigenvalue weighted by Crippen LogP contribution is -2.06. The number of ether oxygens (including phenoxy) is 1. The minimum absolute atomic E-state index is 0.0336. The smallest absolute Gasteiger partial charge is 0.308 e. The zero-order chi connectivity index (χ0) is 10.7. The van der Waals surface area contributed by atoms with Gasteiger partial charge in [-0.2, -0.15) is 0 Å². The van der Waals surface area contributed by atoms with E-state index in [2.05, 4.69) is 0 Å². The van der Waals surface area contributed by atoms with Gasteiger partial charge in [0.05, 0.1) is 13.5 Å². The molecule has 0 saturated heterocycles. The van der Waals surface area contributed by atoms with Crippen molar-refractivity contribution < 1.29 is 23.4 Å². The molecule has 0 fully saturated rings. The highest BCUT2D eigenvalue weighted by Gasteiger charge is 2.16. The summed E-state index contributed by atoms with van der Waals surface area (Å²) >= 11 is 0. The van der Waals surface area contributed by atoms with Crippen molar-refractivity contribution in [3.63, 3.8) is 0 Å². The predicted octanol–water partition coefficient (Wildman–Crippen LogP) is 1.60. The third-order valence-corrected chi connectivity index (χ3v) is 1.70. The molecule has 14 heavy (non-hydrogen) atoms. The molecule has 0 aliphatic rings. The van der Waals surface area contributed by atoms with Gasteiger partial charge in [0.15, 0.2) is 11.6 Å². The Kier molecular flexibility index (Phi) is 3.01. The maximum atomic E-state index is 13.1. The van der Waals surface area contributed by atoms with Crippen molar-refractivity contribution in [1.82, 2.24) is 0 Å². The number of hydrogen-bond donors (Lipinski definition) is 1. The average Bonchev–Trinajstić information content (AvgIpc) is 2.13. The fourth-order valence-corrected chi connectivity index (χ4v) is 1.08. The summed E-state index contributed by atoms with van der Waals surface area (Å²) < 4.78 is 30.5. The maximum Gasteiger partial charge on any atom is 0.308 e. The van der Waals surface area contributed by atoms with Crippen molar-refractivity contribution in [2.24, 2.45) is 0 Å². The molecule has 0 heterocycles. The van der Waals surface area contributed by atoms with Crippen LogP contribution in [-0.2, 0) is 11.2 Å². The van der Waals surface area contributed by atoms with Gasteiger partial charge >= 0.3 is 5.97 Å². The van der Waals surface area contributed by atoms with E-state index >= 15 is 0 Å². The van der Waals surface area contributed by atoms with Crippen molar-refractivity contribution in [3.05, 3.63) is 29.3 Å². The summed E-state index contributed by atoms with van der Waals surface area (Å²) in [5.74, 6) is -3.46. The van der Waals surface area contributed by atoms with Crippen LogP contribution in [0.25, 0.3) is 0 Å². The average molecular weight is 202 g/mol. The van der Waals surface area contributed by atoms with E-state index in [0.717, 1.165) is 6.07 Å². The van der Waals surface area contributed by atoms with Crippen molar-refractivity contribution in [2.45, 2.75) is 6.42 Å². The number of carbonyl (C=O) groups is 1. The van der Waals surface area contributed by atoms with Crippen molar-refractivity contribution in [3.8, 4) is 5.75 Å². The molecule has 1 rings (SSSR count). The normalized spacial score (nSPS) is 9.93. The molecule has 0 radical (unpaired) electrons. The van der Waals surface area contributed by atoms with Crippen LogP contribution in [-0.4, -0.2) is 18.2 Å². The first kappa shape index (κ1) is 10.4. The fourth-order valence-electron chi connectivity index (χ4n) is 1.08. The van der Waals surface area contributed by atoms with E-state index < -0.39 is 24.0 Å². The fraction of sp³-hybridized carbons (Fsp3) is 0.222. The molecule has 0 aliphatic carbocycles. The molecule has 0 unspecified atom stereocenters. The number of carboxylic acids is 1. The Morgan fingerprint density at radius 3 is 2.64 bits per heavy atom. The Labute approximate surface area is 78.9 Å². The number of hydrogen-bond acceptors (Lipinski definition) is 2. The van der Waals surface area contributed by atoms with E-state index in [0.29, 0.717) is 0 Å². The first-order chi connectivity index (χ1) is 6.56. The van der Waals surface area contributed by atoms with Gasteiger partial charge in [0.25, 0.3) is 0 Å². The second kappa shape index (κ2) is 4.04. The third-order valence-electron chi connectivity index (χ3n) is 1.70. The monoisotopic (exact) mass is 202 g/mol. The topological polar surface area (TPSA) is 46.5 Å². The summed E-state index contributed by atoms with van der Waals surface area (Å²) in [4.78, 5) is 10.4. The Hall–Kier alpha value is -1.65. The van der Waals surface area contributed by atoms with Gasteiger partial charge in [0, 0.05) is 5.56 Å². The zero-order valence-electron chi connectivity index (χ0n) is 7.38. The molecular formula is C9H8F2O3. The summed E-state index contributed by atoms with van der Waals surface area (Å²) in [6.07, 6.45) is -0.604. The minimum atomic E-state index is -1.24. The van der Waals surface area contributed by atoms with Crippen LogP contribution < -0.4 is 4.74 Å². The molecule has 0 bridgehead atoms. The lowest BCUT2D eigenvalue weighted by molar-refractivity contribution is -0.136. The summed E-state index contributed by atoms with van der Waals surface area (Å²) in [6, 6.07) is 2.08. The molecule has 0 saturated carbocycles. The molecule has 0 spiro atoms. The van der Waals surface area contributed by atoms with Crippen LogP contribution >= 0.6 is 0 Å². The molecule has 1 aromatic carbocycles. The molecule has 1 aromatic rings. The Bertz CT molecular complexity index is 363. The van der Waals surface area contributed by atoms with Crippen molar-refractivity contribution >= 4 is 5.97 Å². The summed E-state index contributed by atoms with van der Waals surface area (Å²) in [7, 11) is 1.26. The molecule has 0 atom stereocenters. The molecule has 5 heteroatoms. The standard InChI is InChI=1S/C9H8F2O3/c1-14-7-3-2-6(10)9(11)5(7)4-8(12)13/h2-3H,4H2,1H3,(H,12,13). The summed E-state index contributed by atoms with van der Waals surface area (Å²) in [5.41, 5.74) is -0.278. The SMILES string of the molecule is COc1ccc(F)c(F)c1CC(=O)O. The molecule has 0 amide bonds. The van der Waals surface area contributed by atoms with E-state index in [9.17, 15) is 13.6 Å². The van der Waals surface area contributed by atoms with Crippen LogP contribution in [0.5, 0.6) is 5.75 Å². The maximum absolute atomic E-state index is 13.1. The number of aliphatic carboxylic acids is 1. The van der Waals surface area contributed by atoms with Crippen LogP contribution in [0.1, 0.15) is 5.56 Å². The van der Waals surface area contributed by atoms with Gasteiger partial charge in [0.1, 0.15) is 5.75 Å². The highest BCUT2D eigenvalue weighted by molar-refractivity contribution is 5.71. The lowest BCUT2D eigenvalue weighted by atomic mass is 10.1. The Morgan fingerprint density at radius 1 is 1.50 bits per heavy atom. The van der Waals surface area contributed by atoms with Gasteiger partial charge in [-0.25, -0.2) is 8.78 Å². The minimum Gasteiger partial charge on any atom is -0.496 e. The van der Waals surface area contributed by atoms with Gasteiger partial charge in [-0.3, -0.25) is 4.79 Å². The second-order valence-corrected chi connectivity index (χ2v) is 2.61. The number of halogens is 2. The largest absolute Gasteiger partial charge is 0.496 e. The number of benzene rings is 1. The summed E-state index contributed by atoms with van der Waals surface area (Å²) in [6.45, 7) is 0. The van der Waals surface area contributed by atoms with E-state index in [-0.39, 0.29) is 11.3 Å². The Morgan fingerprint density at radius 2 is 2.14 bits per heavy atom. The first-order valence-corrected chi connectivity index (χ1v) is 3.79. The highest BCUT2D eigenvalue weighted by atomic mass is 19.2. The van der Waals surface area contributed by atoms with Crippen LogP contribution in [0.15, 0.2) is 12.1 Å². The highest BCUT2D eigenvalue weighted by Crippen LogP contribution is 2.23. The molecule has 0 aliphatic heterocycles. The van der Waals surface area contributed by atoms with E-state index in [4.69, 9.17) is 9.84 Å². The number of methoxy groups -OCH3 is 1. The molecule has 76 valence electrons. The third kappa shape index (κ3) is 1.99. The lowest BCUT2D eigenvalue weighted by Gasteiger charge is -2.07. The summed E-state index contributed by atoms with van der Waals surface area (Å²) in [5, 5.41) is 8.46. The van der Waals surface area contributed by atoms with Gasteiger partial charge in [-0.15, -0.1) is 0 Å². The van der Waals surface area contributed by atoms with Gasteiger partial charge in [-0.05, 0) is 12.1 Å². The first-order valence-electron chi connectivity index (χ1n) is 3.79. The Balaban J connectivity index is 3.20. The van der Waals surface area contributed by atoms with Crippen molar-refractivity contribution in [1.29, 1.82) is 0 Å². The molecule has 3 nitrogen and oxygen atoms in total. The molecular weight excluding hydrogens is 194 g/mol. The van der Waals surface area contributed by atoms with Crippen LogP contribution in [0.3, 0.4) is 0 Å². The van der Waals surface area contributed by atoms with Crippen LogP contribution in [0, 0.1) is 11.6 Å². The van der Waals surface area contributed by atoms with E-state index in [1.807, 2.05) is 0 Å². The quantitative estimate of drug-likeness (QED) is 0.809. The van der Waals surface area contributed by atoms with Crippen LogP contribution in [0.2, 0.25) is 0 Å². The number of rotatable bonds is 3. The van der Waals surface area contributed by atoms with E-state index in [1.54, 1.807) is 0 Å². The van der Waals surface area contributed by atoms with Crippen LogP contribution in [0.4, 0.5) is 8.78 Å². The number of carboxylic acid groups (broad SMARTS) is 1.